The van der Waals surface area contributed by atoms with Gasteiger partial charge in [-0.15, -0.1) is 0 Å². The van der Waals surface area contributed by atoms with Crippen LogP contribution in [0.3, 0.4) is 0 Å². The van der Waals surface area contributed by atoms with Crippen molar-refractivity contribution in [1.82, 2.24) is 5.32 Å². The van der Waals surface area contributed by atoms with Crippen LogP contribution in [0.2, 0.25) is 0 Å². The van der Waals surface area contributed by atoms with Crippen molar-refractivity contribution in [2.75, 3.05) is 0 Å². The lowest BCUT2D eigenvalue weighted by atomic mass is 9.63. The van der Waals surface area contributed by atoms with E-state index in [1.54, 1.807) is 6.92 Å². The average Bonchev–Trinajstić information content (AvgIpc) is 2.66. The van der Waals surface area contributed by atoms with Crippen LogP contribution < -0.4 is 31.2 Å². The quantitative estimate of drug-likeness (QED) is 0.575. The van der Waals surface area contributed by atoms with E-state index in [1.165, 1.54) is 0 Å². The number of hydrogen-bond acceptors (Lipinski definition) is 3. The monoisotopic (exact) mass is 277 g/mol. The van der Waals surface area contributed by atoms with Gasteiger partial charge in [0, 0.05) is 6.04 Å². The highest BCUT2D eigenvalue weighted by Crippen LogP contribution is 2.33. The van der Waals surface area contributed by atoms with Gasteiger partial charge < -0.3 is 14.8 Å². The second-order valence-electron chi connectivity index (χ2n) is 5.84. The lowest BCUT2D eigenvalue weighted by Gasteiger charge is -2.28. The van der Waals surface area contributed by atoms with E-state index in [2.05, 4.69) is 5.32 Å². The third-order valence-electron chi connectivity index (χ3n) is 3.23. The molecule has 14 radical (unpaired) electrons. The van der Waals surface area contributed by atoms with Crippen molar-refractivity contribution in [2.45, 2.75) is 37.2 Å². The van der Waals surface area contributed by atoms with E-state index in [0.29, 0.717) is 12.0 Å². The van der Waals surface area contributed by atoms with E-state index in [9.17, 15) is 0 Å². The summed E-state index contributed by atoms with van der Waals surface area (Å²) >= 11 is 0. The molecule has 1 aromatic carbocycles. The highest BCUT2D eigenvalue weighted by molar-refractivity contribution is 6.53. The maximum absolute atomic E-state index is 6.10. The van der Waals surface area contributed by atoms with E-state index in [4.69, 9.17) is 64.4 Å². The molecule has 0 bridgehead atoms. The van der Waals surface area contributed by atoms with Crippen LogP contribution in [-0.4, -0.2) is 71.9 Å². The molecule has 1 atom stereocenters. The fraction of sp³-hybridized carbons (Fsp3) is 0.500. The van der Waals surface area contributed by atoms with Crippen LogP contribution in [0.15, 0.2) is 0 Å². The summed E-state index contributed by atoms with van der Waals surface area (Å²) in [5.41, 5.74) is -0.521. The molecule has 2 rings (SSSR count). The highest BCUT2D eigenvalue weighted by Gasteiger charge is 2.34. The Bertz CT molecular complexity index is 600. The zero-order chi connectivity index (χ0) is 16.9. The number of fused-ring (bicyclic) bond motifs is 1. The summed E-state index contributed by atoms with van der Waals surface area (Å²) in [6.45, 7) is 3.52. The van der Waals surface area contributed by atoms with Gasteiger partial charge in [0.2, 0.25) is 0 Å². The average molecular weight is 276 g/mol. The topological polar surface area (TPSA) is 30.5 Å². The van der Waals surface area contributed by atoms with E-state index in [-0.39, 0.29) is 33.9 Å². The zero-order valence-electron chi connectivity index (χ0n) is 12.6. The summed E-state index contributed by atoms with van der Waals surface area (Å²) in [5.74, 6) is 0.328. The summed E-state index contributed by atoms with van der Waals surface area (Å²) in [6, 6.07) is -0.120. The Morgan fingerprint density at radius 3 is 2.05 bits per heavy atom. The molecule has 1 N–H and O–H groups in total. The summed E-state index contributed by atoms with van der Waals surface area (Å²) in [6.07, 6.45) is 0.421. The van der Waals surface area contributed by atoms with Crippen LogP contribution in [0.4, 0.5) is 0 Å². The van der Waals surface area contributed by atoms with Crippen molar-refractivity contribution in [3.8, 4) is 11.5 Å². The normalized spacial score (nSPS) is 17.4. The lowest BCUT2D eigenvalue weighted by molar-refractivity contribution is 0.0844. The van der Waals surface area contributed by atoms with Gasteiger partial charge in [0.1, 0.15) is 23.5 Å². The number of rotatable bonds is 4. The van der Waals surface area contributed by atoms with E-state index in [0.717, 1.165) is 0 Å². The first-order valence-electron chi connectivity index (χ1n) is 6.72. The molecular weight excluding hydrogens is 266 g/mol. The Morgan fingerprint density at radius 2 is 1.55 bits per heavy atom. The van der Waals surface area contributed by atoms with Gasteiger partial charge in [-0.2, -0.15) is 0 Å². The van der Waals surface area contributed by atoms with Gasteiger partial charge >= 0.3 is 0 Å². The third-order valence-corrected chi connectivity index (χ3v) is 3.23. The highest BCUT2D eigenvalue weighted by atomic mass is 16.7. The zero-order valence-corrected chi connectivity index (χ0v) is 12.6. The molecule has 0 unspecified atom stereocenters. The van der Waals surface area contributed by atoms with E-state index < -0.39 is 10.9 Å². The standard InChI is InChI=1S/C12H10B7NO2/c1-4(20-11(2,16)17)3-5-6(13)8(15)10-9(7(5)14)21-12(18,19)22-10/h4,20H,3H2,1-2H3/t4-/m0/s1. The maximum atomic E-state index is 6.10. The molecular formula is C12H10B7NO2. The molecule has 10 heteroatoms. The Balaban J connectivity index is 2.37. The van der Waals surface area contributed by atoms with Crippen molar-refractivity contribution < 1.29 is 9.47 Å². The fourth-order valence-electron chi connectivity index (χ4n) is 2.46. The fourth-order valence-corrected chi connectivity index (χ4v) is 2.46. The van der Waals surface area contributed by atoms with Gasteiger partial charge in [-0.1, -0.05) is 28.8 Å². The largest absolute Gasteiger partial charge is 0.469 e. The van der Waals surface area contributed by atoms with Crippen LogP contribution in [-0.2, 0) is 6.42 Å². The van der Waals surface area contributed by atoms with Crippen molar-refractivity contribution in [3.05, 3.63) is 5.56 Å². The molecule has 3 nitrogen and oxygen atoms in total. The van der Waals surface area contributed by atoms with Crippen LogP contribution in [0, 0.1) is 0 Å². The first-order valence-corrected chi connectivity index (χ1v) is 6.72. The minimum Gasteiger partial charge on any atom is -0.469 e. The minimum absolute atomic E-state index is 0.120. The summed E-state index contributed by atoms with van der Waals surface area (Å²) in [7, 11) is 40.7. The first kappa shape index (κ1) is 17.6. The molecule has 22 heavy (non-hydrogen) atoms. The van der Waals surface area contributed by atoms with Gasteiger partial charge in [0.05, 0.1) is 15.7 Å². The molecule has 0 amide bonds. The van der Waals surface area contributed by atoms with Crippen LogP contribution in [0.1, 0.15) is 19.4 Å². The molecule has 1 aromatic rings. The molecule has 0 aliphatic carbocycles. The number of ether oxygens (including phenoxy) is 2. The predicted molar refractivity (Wildman–Crippen MR) is 94.3 cm³/mol. The van der Waals surface area contributed by atoms with Gasteiger partial charge in [0.25, 0.3) is 0 Å². The second-order valence-corrected chi connectivity index (χ2v) is 5.84. The predicted octanol–water partition coefficient (Wildman–Crippen LogP) is -3.68. The van der Waals surface area contributed by atoms with Gasteiger partial charge in [-0.3, -0.25) is 0 Å². The van der Waals surface area contributed by atoms with Crippen molar-refractivity contribution in [3.63, 3.8) is 0 Å². The van der Waals surface area contributed by atoms with Crippen molar-refractivity contribution in [1.29, 1.82) is 0 Å². The van der Waals surface area contributed by atoms with Crippen LogP contribution in [0.5, 0.6) is 11.5 Å². The molecule has 1 aliphatic heterocycles. The summed E-state index contributed by atoms with van der Waals surface area (Å²) in [5, 5.41) is 1.97. The van der Waals surface area contributed by atoms with E-state index >= 15 is 0 Å². The smallest absolute Gasteiger partial charge is 0.175 e. The SMILES string of the molecule is [B]c1c([B])c2c(c([B])c1C[C@H](C)NC([B])([B])C)OC([B])([B])O2. The van der Waals surface area contributed by atoms with E-state index in [1.807, 2.05) is 6.92 Å². The number of nitrogens with one attached hydrogen (secondary N) is 1. The molecule has 0 saturated carbocycles. The molecule has 0 fully saturated rings. The van der Waals surface area contributed by atoms with Crippen molar-refractivity contribution in [2.24, 2.45) is 0 Å². The first-order chi connectivity index (χ1) is 9.91. The summed E-state index contributed by atoms with van der Waals surface area (Å²) < 4.78 is 10.5. The molecule has 1 aliphatic rings. The Labute approximate surface area is 140 Å². The molecule has 96 valence electrons. The second kappa shape index (κ2) is 5.70. The minimum atomic E-state index is -1.83. The third kappa shape index (κ3) is 3.59. The van der Waals surface area contributed by atoms with Crippen LogP contribution in [0.25, 0.3) is 0 Å². The van der Waals surface area contributed by atoms with Gasteiger partial charge in [-0.25, -0.2) is 0 Å². The molecule has 1 heterocycles. The number of hydrogen-bond donors (Lipinski definition) is 1. The maximum Gasteiger partial charge on any atom is 0.175 e. The summed E-state index contributed by atoms with van der Waals surface area (Å²) in [4.78, 5) is 0. The molecule has 0 saturated heterocycles. The van der Waals surface area contributed by atoms with Gasteiger partial charge in [0.15, 0.2) is 32.8 Å². The lowest BCUT2D eigenvalue weighted by Crippen LogP contribution is -2.50. The molecule has 0 spiro atoms. The number of benzene rings is 1. The van der Waals surface area contributed by atoms with Crippen LogP contribution >= 0.6 is 0 Å². The molecule has 0 aromatic heterocycles. The Hall–Kier alpha value is -0.765. The van der Waals surface area contributed by atoms with Gasteiger partial charge in [-0.05, 0) is 18.8 Å². The van der Waals surface area contributed by atoms with Crippen molar-refractivity contribution >= 4 is 71.3 Å². The Morgan fingerprint density at radius 1 is 1.05 bits per heavy atom. The Kier molecular flexibility index (Phi) is 4.56.